The Morgan fingerprint density at radius 2 is 1.76 bits per heavy atom. The maximum Gasteiger partial charge on any atom is 0.316 e. The van der Waals surface area contributed by atoms with Crippen LogP contribution in [0.5, 0.6) is 0 Å². The van der Waals surface area contributed by atoms with Gasteiger partial charge in [-0.3, -0.25) is 9.59 Å². The summed E-state index contributed by atoms with van der Waals surface area (Å²) < 4.78 is 0. The first kappa shape index (κ1) is 18.4. The van der Waals surface area contributed by atoms with Gasteiger partial charge in [0.25, 0.3) is 0 Å². The van der Waals surface area contributed by atoms with Crippen molar-refractivity contribution in [3.8, 4) is 0 Å². The fourth-order valence-corrected chi connectivity index (χ4v) is 3.04. The molecule has 8 heteroatoms. The summed E-state index contributed by atoms with van der Waals surface area (Å²) >= 11 is 18.7. The molecule has 4 nitrogen and oxygen atoms in total. The molecule has 0 aliphatic heterocycles. The summed E-state index contributed by atoms with van der Waals surface area (Å²) in [6.45, 7) is 3.58. The molecular formula is C13H14Cl3NO3S. The van der Waals surface area contributed by atoms with E-state index >= 15 is 0 Å². The van der Waals surface area contributed by atoms with Crippen LogP contribution in [0.15, 0.2) is 12.1 Å². The highest BCUT2D eigenvalue weighted by Gasteiger charge is 2.23. The molecule has 0 spiro atoms. The molecule has 0 fully saturated rings. The summed E-state index contributed by atoms with van der Waals surface area (Å²) in [5.74, 6) is -1.36. The summed E-state index contributed by atoms with van der Waals surface area (Å²) in [6.07, 6.45) is 0. The smallest absolute Gasteiger partial charge is 0.316 e. The van der Waals surface area contributed by atoms with Crippen LogP contribution in [0.25, 0.3) is 0 Å². The SMILES string of the molecule is CC(C)C(SCC(=O)Nc1cc(Cl)c(Cl)cc1Cl)C(=O)O. The first-order chi connectivity index (χ1) is 9.72. The summed E-state index contributed by atoms with van der Waals surface area (Å²) in [5, 5.41) is 11.8. The highest BCUT2D eigenvalue weighted by atomic mass is 35.5. The third-order valence-corrected chi connectivity index (χ3v) is 5.10. The minimum Gasteiger partial charge on any atom is -0.480 e. The van der Waals surface area contributed by atoms with Crippen LogP contribution < -0.4 is 5.32 Å². The van der Waals surface area contributed by atoms with Gasteiger partial charge in [0.1, 0.15) is 5.25 Å². The van der Waals surface area contributed by atoms with Crippen LogP contribution in [0.4, 0.5) is 5.69 Å². The number of benzene rings is 1. The van der Waals surface area contributed by atoms with E-state index in [0.29, 0.717) is 10.7 Å². The van der Waals surface area contributed by atoms with Crippen molar-refractivity contribution < 1.29 is 14.7 Å². The monoisotopic (exact) mass is 369 g/mol. The normalized spacial score (nSPS) is 12.3. The van der Waals surface area contributed by atoms with E-state index in [1.54, 1.807) is 13.8 Å². The molecule has 0 saturated carbocycles. The van der Waals surface area contributed by atoms with Crippen LogP contribution >= 0.6 is 46.6 Å². The molecule has 1 atom stereocenters. The Bertz CT molecular complexity index is 552. The zero-order valence-corrected chi connectivity index (χ0v) is 14.4. The summed E-state index contributed by atoms with van der Waals surface area (Å²) in [7, 11) is 0. The third-order valence-electron chi connectivity index (χ3n) is 2.53. The fourth-order valence-electron chi connectivity index (χ4n) is 1.52. The molecule has 1 rings (SSSR count). The van der Waals surface area contributed by atoms with E-state index in [-0.39, 0.29) is 27.6 Å². The standard InChI is InChI=1S/C13H14Cl3NO3S/c1-6(2)12(13(19)20)21-5-11(18)17-10-4-8(15)7(14)3-9(10)16/h3-4,6,12H,5H2,1-2H3,(H,17,18)(H,19,20). The number of thioether (sulfide) groups is 1. The molecule has 0 heterocycles. The molecule has 0 radical (unpaired) electrons. The number of carboxylic acid groups (broad SMARTS) is 1. The second-order valence-corrected chi connectivity index (χ2v) is 6.96. The maximum atomic E-state index is 11.9. The van der Waals surface area contributed by atoms with Gasteiger partial charge in [0.2, 0.25) is 5.91 Å². The van der Waals surface area contributed by atoms with E-state index in [2.05, 4.69) is 5.32 Å². The highest BCUT2D eigenvalue weighted by Crippen LogP contribution is 2.32. The number of nitrogens with one attached hydrogen (secondary N) is 1. The summed E-state index contributed by atoms with van der Waals surface area (Å²) in [6, 6.07) is 2.88. The van der Waals surface area contributed by atoms with Crippen molar-refractivity contribution >= 4 is 64.1 Å². The van der Waals surface area contributed by atoms with E-state index in [1.165, 1.54) is 12.1 Å². The first-order valence-corrected chi connectivity index (χ1v) is 8.19. The number of rotatable bonds is 6. The lowest BCUT2D eigenvalue weighted by atomic mass is 10.1. The average molecular weight is 371 g/mol. The minimum absolute atomic E-state index is 0.00568. The molecule has 1 amide bonds. The quantitative estimate of drug-likeness (QED) is 0.727. The number of hydrogen-bond acceptors (Lipinski definition) is 3. The van der Waals surface area contributed by atoms with Gasteiger partial charge in [-0.25, -0.2) is 0 Å². The maximum absolute atomic E-state index is 11.9. The predicted octanol–water partition coefficient (Wildman–Crippen LogP) is 4.43. The van der Waals surface area contributed by atoms with Crippen LogP contribution in [0.3, 0.4) is 0 Å². The molecule has 116 valence electrons. The van der Waals surface area contributed by atoms with Crippen LogP contribution in [0.2, 0.25) is 15.1 Å². The lowest BCUT2D eigenvalue weighted by molar-refractivity contribution is -0.137. The van der Waals surface area contributed by atoms with E-state index in [1.807, 2.05) is 0 Å². The van der Waals surface area contributed by atoms with Gasteiger partial charge in [-0.05, 0) is 18.1 Å². The van der Waals surface area contributed by atoms with Gasteiger partial charge in [0.05, 0.1) is 26.5 Å². The lowest BCUT2D eigenvalue weighted by Gasteiger charge is -2.15. The van der Waals surface area contributed by atoms with Gasteiger partial charge in [-0.15, -0.1) is 11.8 Å². The van der Waals surface area contributed by atoms with Crippen LogP contribution in [-0.4, -0.2) is 28.0 Å². The predicted molar refractivity (Wildman–Crippen MR) is 88.8 cm³/mol. The number of amides is 1. The van der Waals surface area contributed by atoms with Crippen LogP contribution in [0.1, 0.15) is 13.8 Å². The van der Waals surface area contributed by atoms with E-state index in [4.69, 9.17) is 39.9 Å². The number of carbonyl (C=O) groups excluding carboxylic acids is 1. The number of halogens is 3. The van der Waals surface area contributed by atoms with Gasteiger partial charge < -0.3 is 10.4 Å². The average Bonchev–Trinajstić information content (AvgIpc) is 2.35. The van der Waals surface area contributed by atoms with E-state index in [9.17, 15) is 9.59 Å². The molecule has 0 saturated heterocycles. The molecule has 0 aliphatic carbocycles. The highest BCUT2D eigenvalue weighted by molar-refractivity contribution is 8.01. The van der Waals surface area contributed by atoms with Crippen molar-refractivity contribution in [1.82, 2.24) is 0 Å². The van der Waals surface area contributed by atoms with Gasteiger partial charge in [0, 0.05) is 0 Å². The zero-order chi connectivity index (χ0) is 16.2. The second kappa shape index (κ2) is 8.13. The lowest BCUT2D eigenvalue weighted by Crippen LogP contribution is -2.25. The molecule has 0 aromatic heterocycles. The van der Waals surface area contributed by atoms with Gasteiger partial charge in [-0.2, -0.15) is 0 Å². The zero-order valence-electron chi connectivity index (χ0n) is 11.3. The van der Waals surface area contributed by atoms with Gasteiger partial charge in [-0.1, -0.05) is 48.7 Å². The number of aliphatic carboxylic acids is 1. The molecule has 1 unspecified atom stereocenters. The first-order valence-electron chi connectivity index (χ1n) is 6.01. The Labute approximate surface area is 142 Å². The van der Waals surface area contributed by atoms with Crippen molar-refractivity contribution in [3.63, 3.8) is 0 Å². The number of carboxylic acids is 1. The molecule has 1 aromatic carbocycles. The topological polar surface area (TPSA) is 66.4 Å². The molecule has 2 N–H and O–H groups in total. The fraction of sp³-hybridized carbons (Fsp3) is 0.385. The van der Waals surface area contributed by atoms with Crippen molar-refractivity contribution in [2.75, 3.05) is 11.1 Å². The number of hydrogen-bond donors (Lipinski definition) is 2. The molecule has 21 heavy (non-hydrogen) atoms. The van der Waals surface area contributed by atoms with Crippen LogP contribution in [-0.2, 0) is 9.59 Å². The Hall–Kier alpha value is -0.620. The largest absolute Gasteiger partial charge is 0.480 e. The molecule has 0 aliphatic rings. The Morgan fingerprint density at radius 3 is 2.29 bits per heavy atom. The van der Waals surface area contributed by atoms with Gasteiger partial charge >= 0.3 is 5.97 Å². The van der Waals surface area contributed by atoms with Crippen molar-refractivity contribution in [3.05, 3.63) is 27.2 Å². The van der Waals surface area contributed by atoms with E-state index < -0.39 is 11.2 Å². The number of anilines is 1. The van der Waals surface area contributed by atoms with Crippen molar-refractivity contribution in [1.29, 1.82) is 0 Å². The Kier molecular flexibility index (Phi) is 7.13. The summed E-state index contributed by atoms with van der Waals surface area (Å²) in [5.41, 5.74) is 0.341. The molecule has 0 bridgehead atoms. The van der Waals surface area contributed by atoms with E-state index in [0.717, 1.165) is 11.8 Å². The van der Waals surface area contributed by atoms with Gasteiger partial charge in [0.15, 0.2) is 0 Å². The van der Waals surface area contributed by atoms with Crippen molar-refractivity contribution in [2.45, 2.75) is 19.1 Å². The van der Waals surface area contributed by atoms with Crippen molar-refractivity contribution in [2.24, 2.45) is 5.92 Å². The molecule has 1 aromatic rings. The Morgan fingerprint density at radius 1 is 1.19 bits per heavy atom. The second-order valence-electron chi connectivity index (χ2n) is 4.61. The Balaban J connectivity index is 2.66. The van der Waals surface area contributed by atoms with Crippen LogP contribution in [0, 0.1) is 5.92 Å². The summed E-state index contributed by atoms with van der Waals surface area (Å²) in [4.78, 5) is 22.9. The molecular weight excluding hydrogens is 357 g/mol. The third kappa shape index (κ3) is 5.58. The minimum atomic E-state index is -0.935. The number of carbonyl (C=O) groups is 2.